The Morgan fingerprint density at radius 1 is 0.833 bits per heavy atom. The van der Waals surface area contributed by atoms with Crippen LogP contribution in [0.5, 0.6) is 23.0 Å². The van der Waals surface area contributed by atoms with Gasteiger partial charge in [0.15, 0.2) is 6.61 Å². The van der Waals surface area contributed by atoms with Gasteiger partial charge in [-0.3, -0.25) is 4.79 Å². The van der Waals surface area contributed by atoms with Crippen LogP contribution in [-0.4, -0.2) is 19.1 Å². The van der Waals surface area contributed by atoms with Crippen LogP contribution in [0.3, 0.4) is 0 Å². The van der Waals surface area contributed by atoms with E-state index >= 15 is 0 Å². The molecule has 0 aromatic heterocycles. The number of benzene rings is 3. The molecule has 5 heteroatoms. The summed E-state index contributed by atoms with van der Waals surface area (Å²) in [5.41, 5.74) is 1.76. The normalized spacial score (nSPS) is 10.5. The second kappa shape index (κ2) is 10.3. The Hall–Kier alpha value is -3.47. The fourth-order valence-electron chi connectivity index (χ4n) is 2.94. The zero-order chi connectivity index (χ0) is 21.3. The van der Waals surface area contributed by atoms with E-state index in [0.29, 0.717) is 29.7 Å². The maximum absolute atomic E-state index is 12.2. The second-order valence-electron chi connectivity index (χ2n) is 7.06. The van der Waals surface area contributed by atoms with Crippen molar-refractivity contribution in [2.45, 2.75) is 26.7 Å². The molecule has 0 saturated heterocycles. The molecule has 0 heterocycles. The van der Waals surface area contributed by atoms with E-state index in [1.807, 2.05) is 55.5 Å². The van der Waals surface area contributed by atoms with Crippen molar-refractivity contribution in [1.82, 2.24) is 0 Å². The molecule has 0 aliphatic carbocycles. The zero-order valence-corrected chi connectivity index (χ0v) is 17.6. The minimum absolute atomic E-state index is 0.0475. The summed E-state index contributed by atoms with van der Waals surface area (Å²) in [6, 6.07) is 22.4. The summed E-state index contributed by atoms with van der Waals surface area (Å²) in [6.45, 7) is 6.72. The number of para-hydroxylation sites is 1. The third kappa shape index (κ3) is 6.01. The highest BCUT2D eigenvalue weighted by molar-refractivity contribution is 5.91. The van der Waals surface area contributed by atoms with Gasteiger partial charge in [0, 0.05) is 5.69 Å². The van der Waals surface area contributed by atoms with E-state index in [4.69, 9.17) is 14.2 Å². The van der Waals surface area contributed by atoms with E-state index in [-0.39, 0.29) is 12.5 Å². The van der Waals surface area contributed by atoms with Gasteiger partial charge in [-0.15, -0.1) is 0 Å². The van der Waals surface area contributed by atoms with Gasteiger partial charge in [-0.05, 0) is 73.0 Å². The van der Waals surface area contributed by atoms with Crippen LogP contribution in [0.2, 0.25) is 0 Å². The summed E-state index contributed by atoms with van der Waals surface area (Å²) in [5.74, 6) is 3.05. The highest BCUT2D eigenvalue weighted by atomic mass is 16.5. The van der Waals surface area contributed by atoms with E-state index in [2.05, 4.69) is 19.2 Å². The van der Waals surface area contributed by atoms with Gasteiger partial charge in [0.05, 0.1) is 6.61 Å². The van der Waals surface area contributed by atoms with Gasteiger partial charge in [-0.2, -0.15) is 0 Å². The van der Waals surface area contributed by atoms with E-state index in [1.165, 1.54) is 0 Å². The smallest absolute Gasteiger partial charge is 0.262 e. The number of ether oxygens (including phenoxy) is 3. The maximum Gasteiger partial charge on any atom is 0.262 e. The molecule has 0 spiro atoms. The summed E-state index contributed by atoms with van der Waals surface area (Å²) in [4.78, 5) is 12.2. The van der Waals surface area contributed by atoms with Crippen molar-refractivity contribution >= 4 is 11.6 Å². The number of carbonyl (C=O) groups is 1. The SMILES string of the molecule is CCOc1ccc(Oc2ccc(NC(=O)COc3ccccc3C(C)C)cc2)cc1. The molecular formula is C25H27NO4. The summed E-state index contributed by atoms with van der Waals surface area (Å²) < 4.78 is 17.0. The van der Waals surface area contributed by atoms with Gasteiger partial charge in [0.25, 0.3) is 5.91 Å². The molecule has 0 aliphatic rings. The summed E-state index contributed by atoms with van der Waals surface area (Å²) in [6.07, 6.45) is 0. The lowest BCUT2D eigenvalue weighted by Crippen LogP contribution is -2.20. The highest BCUT2D eigenvalue weighted by Crippen LogP contribution is 2.27. The van der Waals surface area contributed by atoms with Crippen molar-refractivity contribution in [3.8, 4) is 23.0 Å². The molecule has 30 heavy (non-hydrogen) atoms. The van der Waals surface area contributed by atoms with Crippen molar-refractivity contribution in [3.05, 3.63) is 78.4 Å². The van der Waals surface area contributed by atoms with Gasteiger partial charge in [0.2, 0.25) is 0 Å². The monoisotopic (exact) mass is 405 g/mol. The molecule has 0 unspecified atom stereocenters. The van der Waals surface area contributed by atoms with Crippen molar-refractivity contribution < 1.29 is 19.0 Å². The zero-order valence-electron chi connectivity index (χ0n) is 17.6. The molecule has 0 fully saturated rings. The summed E-state index contributed by atoms with van der Waals surface area (Å²) in [7, 11) is 0. The lowest BCUT2D eigenvalue weighted by Gasteiger charge is -2.14. The molecule has 1 amide bonds. The first-order valence-corrected chi connectivity index (χ1v) is 10.1. The first-order chi connectivity index (χ1) is 14.5. The van der Waals surface area contributed by atoms with Gasteiger partial charge < -0.3 is 19.5 Å². The van der Waals surface area contributed by atoms with Gasteiger partial charge in [0.1, 0.15) is 23.0 Å². The molecule has 0 radical (unpaired) electrons. The van der Waals surface area contributed by atoms with E-state index in [9.17, 15) is 4.79 Å². The Balaban J connectivity index is 1.52. The van der Waals surface area contributed by atoms with Crippen molar-refractivity contribution in [1.29, 1.82) is 0 Å². The van der Waals surface area contributed by atoms with Crippen LogP contribution in [0.4, 0.5) is 5.69 Å². The Bertz CT molecular complexity index is 950. The minimum Gasteiger partial charge on any atom is -0.494 e. The fraction of sp³-hybridized carbons (Fsp3) is 0.240. The van der Waals surface area contributed by atoms with Crippen molar-refractivity contribution in [2.24, 2.45) is 0 Å². The Labute approximate surface area is 177 Å². The molecule has 5 nitrogen and oxygen atoms in total. The molecule has 3 aromatic carbocycles. The molecule has 3 rings (SSSR count). The average molecular weight is 405 g/mol. The van der Waals surface area contributed by atoms with Crippen LogP contribution in [0.25, 0.3) is 0 Å². The predicted octanol–water partition coefficient (Wildman–Crippen LogP) is 6.02. The summed E-state index contributed by atoms with van der Waals surface area (Å²) >= 11 is 0. The van der Waals surface area contributed by atoms with Gasteiger partial charge >= 0.3 is 0 Å². The third-order valence-electron chi connectivity index (χ3n) is 4.41. The number of amides is 1. The minimum atomic E-state index is -0.214. The predicted molar refractivity (Wildman–Crippen MR) is 119 cm³/mol. The van der Waals surface area contributed by atoms with E-state index in [0.717, 1.165) is 17.1 Å². The number of carbonyl (C=O) groups excluding carboxylic acids is 1. The molecule has 1 N–H and O–H groups in total. The van der Waals surface area contributed by atoms with Gasteiger partial charge in [-0.1, -0.05) is 32.0 Å². The number of anilines is 1. The Morgan fingerprint density at radius 2 is 1.43 bits per heavy atom. The standard InChI is InChI=1S/C25H27NO4/c1-4-28-20-13-15-22(16-14-20)30-21-11-9-19(10-12-21)26-25(27)17-29-24-8-6-5-7-23(24)18(2)3/h5-16,18H,4,17H2,1-3H3,(H,26,27). The molecule has 0 saturated carbocycles. The molecule has 0 bridgehead atoms. The first-order valence-electron chi connectivity index (χ1n) is 10.1. The number of hydrogen-bond acceptors (Lipinski definition) is 4. The molecule has 0 aliphatic heterocycles. The lowest BCUT2D eigenvalue weighted by atomic mass is 10.0. The summed E-state index contributed by atoms with van der Waals surface area (Å²) in [5, 5.41) is 2.84. The van der Waals surface area contributed by atoms with Crippen LogP contribution in [0, 0.1) is 0 Å². The molecular weight excluding hydrogens is 378 g/mol. The Kier molecular flexibility index (Phi) is 7.33. The van der Waals surface area contributed by atoms with Crippen LogP contribution in [-0.2, 0) is 4.79 Å². The quantitative estimate of drug-likeness (QED) is 0.473. The van der Waals surface area contributed by atoms with Crippen LogP contribution in [0.15, 0.2) is 72.8 Å². The molecule has 156 valence electrons. The maximum atomic E-state index is 12.2. The highest BCUT2D eigenvalue weighted by Gasteiger charge is 2.09. The van der Waals surface area contributed by atoms with Crippen molar-refractivity contribution in [3.63, 3.8) is 0 Å². The number of nitrogens with one attached hydrogen (secondary N) is 1. The van der Waals surface area contributed by atoms with E-state index in [1.54, 1.807) is 24.3 Å². The molecule has 3 aromatic rings. The van der Waals surface area contributed by atoms with Gasteiger partial charge in [-0.25, -0.2) is 0 Å². The second-order valence-corrected chi connectivity index (χ2v) is 7.06. The fourth-order valence-corrected chi connectivity index (χ4v) is 2.94. The largest absolute Gasteiger partial charge is 0.494 e. The third-order valence-corrected chi connectivity index (χ3v) is 4.41. The molecule has 0 atom stereocenters. The van der Waals surface area contributed by atoms with E-state index < -0.39 is 0 Å². The number of rotatable bonds is 9. The lowest BCUT2D eigenvalue weighted by molar-refractivity contribution is -0.118. The van der Waals surface area contributed by atoms with Crippen LogP contribution < -0.4 is 19.5 Å². The van der Waals surface area contributed by atoms with Crippen LogP contribution >= 0.6 is 0 Å². The van der Waals surface area contributed by atoms with Crippen LogP contribution in [0.1, 0.15) is 32.3 Å². The first kappa shape index (κ1) is 21.2. The topological polar surface area (TPSA) is 56.8 Å². The van der Waals surface area contributed by atoms with Crippen molar-refractivity contribution in [2.75, 3.05) is 18.5 Å². The average Bonchev–Trinajstić information content (AvgIpc) is 2.75. The Morgan fingerprint density at radius 3 is 2.07 bits per heavy atom. The number of hydrogen-bond donors (Lipinski definition) is 1.